The zero-order valence-corrected chi connectivity index (χ0v) is 17.1. The molecule has 7 heteroatoms. The predicted molar refractivity (Wildman–Crippen MR) is 110 cm³/mol. The number of carbonyl (C=O) groups is 1. The van der Waals surface area contributed by atoms with Gasteiger partial charge >= 0.3 is 0 Å². The summed E-state index contributed by atoms with van der Waals surface area (Å²) in [5.41, 5.74) is 1.01. The molecule has 2 atom stereocenters. The molecule has 4 rings (SSSR count). The van der Waals surface area contributed by atoms with Crippen LogP contribution in [0.5, 0.6) is 0 Å². The van der Waals surface area contributed by atoms with E-state index in [1.54, 1.807) is 6.20 Å². The number of rotatable bonds is 5. The number of aryl methyl sites for hydroxylation is 1. The maximum Gasteiger partial charge on any atom is 0.223 e. The van der Waals surface area contributed by atoms with Gasteiger partial charge in [-0.1, -0.05) is 30.3 Å². The number of hydrogen-bond donors (Lipinski definition) is 1. The number of hydrogen-bond acceptors (Lipinski definition) is 4. The second kappa shape index (κ2) is 9.58. The van der Waals surface area contributed by atoms with Crippen molar-refractivity contribution in [1.29, 1.82) is 0 Å². The van der Waals surface area contributed by atoms with Crippen molar-refractivity contribution in [2.24, 2.45) is 0 Å². The monoisotopic (exact) mass is 411 g/mol. The molecule has 27 heavy (non-hydrogen) atoms. The number of amides is 1. The maximum atomic E-state index is 12.6. The van der Waals surface area contributed by atoms with Gasteiger partial charge in [0.25, 0.3) is 0 Å². The van der Waals surface area contributed by atoms with Crippen LogP contribution in [0.15, 0.2) is 40.9 Å². The number of nitrogens with one attached hydrogen (secondary N) is 1. The third-order valence-corrected chi connectivity index (χ3v) is 5.55. The normalized spacial score (nSPS) is 23.2. The Morgan fingerprint density at radius 2 is 1.85 bits per heavy atom. The van der Waals surface area contributed by atoms with Gasteiger partial charge in [0, 0.05) is 43.6 Å². The first-order valence-corrected chi connectivity index (χ1v) is 9.21. The average Bonchev–Trinajstić information content (AvgIpc) is 3.26. The number of piperidine rings is 1. The van der Waals surface area contributed by atoms with E-state index >= 15 is 0 Å². The number of benzene rings is 1. The van der Waals surface area contributed by atoms with Crippen molar-refractivity contribution in [1.82, 2.24) is 15.2 Å². The second-order valence-corrected chi connectivity index (χ2v) is 7.25. The van der Waals surface area contributed by atoms with Crippen LogP contribution in [0.4, 0.5) is 0 Å². The molecule has 1 aromatic carbocycles. The lowest BCUT2D eigenvalue weighted by Crippen LogP contribution is -2.48. The molecule has 1 N–H and O–H groups in total. The number of aromatic nitrogens is 1. The summed E-state index contributed by atoms with van der Waals surface area (Å²) in [6.07, 6.45) is 7.40. The first-order chi connectivity index (χ1) is 12.2. The Hall–Kier alpha value is -1.56. The van der Waals surface area contributed by atoms with Gasteiger partial charge in [-0.15, -0.1) is 24.8 Å². The lowest BCUT2D eigenvalue weighted by molar-refractivity contribution is -0.132. The lowest BCUT2D eigenvalue weighted by atomic mass is 9.98. The highest BCUT2D eigenvalue weighted by molar-refractivity contribution is 5.85. The van der Waals surface area contributed by atoms with E-state index in [-0.39, 0.29) is 30.7 Å². The van der Waals surface area contributed by atoms with Crippen molar-refractivity contribution < 1.29 is 9.21 Å². The quantitative estimate of drug-likeness (QED) is 0.811. The molecule has 1 amide bonds. The molecule has 0 saturated carbocycles. The minimum Gasteiger partial charge on any atom is -0.441 e. The van der Waals surface area contributed by atoms with Crippen LogP contribution in [0.1, 0.15) is 38.0 Å². The molecule has 2 unspecified atom stereocenters. The SMILES string of the molecule is CN(C(=O)CCc1ncc(-c2ccccc2)o1)C1CC2CCC(C1)N2.Cl.Cl. The third-order valence-electron chi connectivity index (χ3n) is 5.55. The van der Waals surface area contributed by atoms with Gasteiger partial charge in [-0.3, -0.25) is 4.79 Å². The Bertz CT molecular complexity index is 726. The third kappa shape index (κ3) is 5.03. The molecule has 3 heterocycles. The summed E-state index contributed by atoms with van der Waals surface area (Å²) >= 11 is 0. The van der Waals surface area contributed by atoms with E-state index < -0.39 is 0 Å². The first kappa shape index (κ1) is 21.7. The molecule has 1 aromatic heterocycles. The summed E-state index contributed by atoms with van der Waals surface area (Å²) in [7, 11) is 1.95. The molecule has 2 bridgehead atoms. The topological polar surface area (TPSA) is 58.4 Å². The minimum atomic E-state index is 0. The van der Waals surface area contributed by atoms with Crippen LogP contribution in [0.3, 0.4) is 0 Å². The summed E-state index contributed by atoms with van der Waals surface area (Å²) < 4.78 is 5.80. The van der Waals surface area contributed by atoms with Crippen molar-refractivity contribution in [2.75, 3.05) is 7.05 Å². The molecular formula is C20H27Cl2N3O2. The van der Waals surface area contributed by atoms with Gasteiger partial charge < -0.3 is 14.6 Å². The van der Waals surface area contributed by atoms with Crippen LogP contribution in [-0.4, -0.2) is 41.0 Å². The van der Waals surface area contributed by atoms with Crippen LogP contribution < -0.4 is 5.32 Å². The summed E-state index contributed by atoms with van der Waals surface area (Å²) in [6.45, 7) is 0. The number of halogens is 2. The average molecular weight is 412 g/mol. The number of fused-ring (bicyclic) bond motifs is 2. The molecule has 148 valence electrons. The largest absolute Gasteiger partial charge is 0.441 e. The van der Waals surface area contributed by atoms with Gasteiger partial charge in [0.1, 0.15) is 0 Å². The van der Waals surface area contributed by atoms with Crippen molar-refractivity contribution >= 4 is 30.7 Å². The second-order valence-electron chi connectivity index (χ2n) is 7.25. The summed E-state index contributed by atoms with van der Waals surface area (Å²) in [5, 5.41) is 3.63. The van der Waals surface area contributed by atoms with Gasteiger partial charge in [-0.25, -0.2) is 4.98 Å². The Morgan fingerprint density at radius 1 is 1.19 bits per heavy atom. The molecular weight excluding hydrogens is 385 g/mol. The molecule has 0 radical (unpaired) electrons. The molecule has 0 aliphatic carbocycles. The predicted octanol–water partition coefficient (Wildman–Crippen LogP) is 3.86. The Kier molecular flexibility index (Phi) is 7.71. The molecule has 0 spiro atoms. The van der Waals surface area contributed by atoms with E-state index in [0.29, 0.717) is 36.9 Å². The fourth-order valence-electron chi connectivity index (χ4n) is 4.10. The van der Waals surface area contributed by atoms with Crippen LogP contribution in [0.25, 0.3) is 11.3 Å². The van der Waals surface area contributed by atoms with Crippen molar-refractivity contribution in [3.05, 3.63) is 42.4 Å². The van der Waals surface area contributed by atoms with E-state index in [9.17, 15) is 4.79 Å². The summed E-state index contributed by atoms with van der Waals surface area (Å²) in [4.78, 5) is 18.8. The van der Waals surface area contributed by atoms with E-state index in [1.165, 1.54) is 12.8 Å². The Labute approximate surface area is 172 Å². The highest BCUT2D eigenvalue weighted by atomic mass is 35.5. The fraction of sp³-hybridized carbons (Fsp3) is 0.500. The zero-order valence-electron chi connectivity index (χ0n) is 15.5. The Balaban J connectivity index is 0.00000131. The summed E-state index contributed by atoms with van der Waals surface area (Å²) in [5.74, 6) is 1.57. The highest BCUT2D eigenvalue weighted by Crippen LogP contribution is 2.29. The molecule has 5 nitrogen and oxygen atoms in total. The minimum absolute atomic E-state index is 0. The van der Waals surface area contributed by atoms with E-state index in [0.717, 1.165) is 24.2 Å². The van der Waals surface area contributed by atoms with Crippen LogP contribution in [0, 0.1) is 0 Å². The highest BCUT2D eigenvalue weighted by Gasteiger charge is 2.36. The van der Waals surface area contributed by atoms with Crippen LogP contribution in [-0.2, 0) is 11.2 Å². The van der Waals surface area contributed by atoms with Crippen molar-refractivity contribution in [2.45, 2.75) is 56.7 Å². The number of carbonyl (C=O) groups excluding carboxylic acids is 1. The molecule has 2 fully saturated rings. The van der Waals surface area contributed by atoms with Gasteiger partial charge in [0.15, 0.2) is 11.7 Å². The van der Waals surface area contributed by atoms with Gasteiger partial charge in [-0.2, -0.15) is 0 Å². The number of nitrogens with zero attached hydrogens (tertiary/aromatic N) is 2. The molecule has 2 aliphatic heterocycles. The van der Waals surface area contributed by atoms with E-state index in [4.69, 9.17) is 4.42 Å². The molecule has 2 aromatic rings. The first-order valence-electron chi connectivity index (χ1n) is 9.21. The lowest BCUT2D eigenvalue weighted by Gasteiger charge is -2.35. The smallest absolute Gasteiger partial charge is 0.223 e. The van der Waals surface area contributed by atoms with E-state index in [2.05, 4.69) is 10.3 Å². The van der Waals surface area contributed by atoms with Crippen LogP contribution >= 0.6 is 24.8 Å². The maximum absolute atomic E-state index is 12.6. The molecule has 2 saturated heterocycles. The van der Waals surface area contributed by atoms with Crippen molar-refractivity contribution in [3.63, 3.8) is 0 Å². The zero-order chi connectivity index (χ0) is 17.2. The van der Waals surface area contributed by atoms with Crippen molar-refractivity contribution in [3.8, 4) is 11.3 Å². The standard InChI is InChI=1S/C20H25N3O2.2ClH/c1-23(17-11-15-7-8-16(12-17)22-15)20(24)10-9-19-21-13-18(25-19)14-5-3-2-4-6-14;;/h2-6,13,15-17,22H,7-12H2,1H3;2*1H. The fourth-order valence-corrected chi connectivity index (χ4v) is 4.10. The number of oxazole rings is 1. The Morgan fingerprint density at radius 3 is 2.52 bits per heavy atom. The van der Waals surface area contributed by atoms with E-state index in [1.807, 2.05) is 42.3 Å². The van der Waals surface area contributed by atoms with Gasteiger partial charge in [0.05, 0.1) is 6.20 Å². The summed E-state index contributed by atoms with van der Waals surface area (Å²) in [6, 6.07) is 11.5. The molecule has 2 aliphatic rings. The van der Waals surface area contributed by atoms with Gasteiger partial charge in [-0.05, 0) is 25.7 Å². The van der Waals surface area contributed by atoms with Crippen LogP contribution in [0.2, 0.25) is 0 Å². The van der Waals surface area contributed by atoms with Gasteiger partial charge in [0.2, 0.25) is 5.91 Å².